The number of hydrogen-bond acceptors (Lipinski definition) is 4. The van der Waals surface area contributed by atoms with Gasteiger partial charge in [-0.15, -0.1) is 0 Å². The van der Waals surface area contributed by atoms with E-state index >= 15 is 0 Å². The lowest BCUT2D eigenvalue weighted by atomic mass is 10.0. The Morgan fingerprint density at radius 2 is 2.12 bits per heavy atom. The summed E-state index contributed by atoms with van der Waals surface area (Å²) in [5.74, 6) is 0. The Morgan fingerprint density at radius 1 is 1.40 bits per heavy atom. The van der Waals surface area contributed by atoms with Crippen LogP contribution in [0.25, 0.3) is 10.9 Å². The zero-order chi connectivity index (χ0) is 18.0. The van der Waals surface area contributed by atoms with Gasteiger partial charge >= 0.3 is 6.09 Å². The Balaban J connectivity index is 1.76. The van der Waals surface area contributed by atoms with Gasteiger partial charge in [0.15, 0.2) is 0 Å². The molecule has 7 nitrogen and oxygen atoms in total. The lowest BCUT2D eigenvalue weighted by Crippen LogP contribution is -2.40. The molecule has 1 saturated carbocycles. The van der Waals surface area contributed by atoms with E-state index in [-0.39, 0.29) is 17.0 Å². The van der Waals surface area contributed by atoms with Crippen LogP contribution in [0.5, 0.6) is 0 Å². The maximum Gasteiger partial charge on any atom is 0.404 e. The summed E-state index contributed by atoms with van der Waals surface area (Å²) >= 11 is 0. The van der Waals surface area contributed by atoms with Gasteiger partial charge in [-0.25, -0.2) is 4.79 Å². The van der Waals surface area contributed by atoms with Crippen LogP contribution in [0.3, 0.4) is 0 Å². The molecule has 0 radical (unpaired) electrons. The molecule has 1 aliphatic heterocycles. The smallest absolute Gasteiger partial charge is 0.404 e. The molecule has 1 saturated heterocycles. The summed E-state index contributed by atoms with van der Waals surface area (Å²) in [6.07, 6.45) is 3.05. The van der Waals surface area contributed by atoms with Crippen LogP contribution in [-0.2, 0) is 5.54 Å². The number of hydrogen-bond donors (Lipinski definition) is 3. The van der Waals surface area contributed by atoms with Crippen LogP contribution < -0.4 is 16.0 Å². The Hall–Kier alpha value is -2.44. The first-order valence-corrected chi connectivity index (χ1v) is 8.72. The highest BCUT2D eigenvalue weighted by Gasteiger charge is 2.56. The number of nitrogens with zero attached hydrogens (tertiary/aromatic N) is 3. The summed E-state index contributed by atoms with van der Waals surface area (Å²) in [6, 6.07) is 3.90. The third kappa shape index (κ3) is 2.49. The maximum atomic E-state index is 11.1. The molecule has 4 N–H and O–H groups in total. The third-order valence-electron chi connectivity index (χ3n) is 5.55. The van der Waals surface area contributed by atoms with E-state index in [1.807, 2.05) is 23.0 Å². The van der Waals surface area contributed by atoms with Gasteiger partial charge in [-0.3, -0.25) is 4.68 Å². The number of carboxylic acid groups (broad SMARTS) is 1. The molecule has 4 rings (SSSR count). The molecule has 2 aromatic rings. The monoisotopic (exact) mass is 343 g/mol. The van der Waals surface area contributed by atoms with Crippen molar-refractivity contribution in [2.24, 2.45) is 5.41 Å². The molecule has 1 aliphatic carbocycles. The molecular weight excluding hydrogens is 318 g/mol. The Morgan fingerprint density at radius 3 is 2.72 bits per heavy atom. The van der Waals surface area contributed by atoms with Gasteiger partial charge in [0.05, 0.1) is 34.7 Å². The SMILES string of the molecule is CC(C)(C)n1ncc2c(N3C[C@H](NC(=O)O)C4(CC4)C3)c(N)ccc21. The van der Waals surface area contributed by atoms with E-state index in [9.17, 15) is 4.79 Å². The molecule has 2 fully saturated rings. The second-order valence-corrected chi connectivity index (χ2v) is 8.41. The first-order chi connectivity index (χ1) is 11.7. The number of nitrogen functional groups attached to an aromatic ring is 1. The van der Waals surface area contributed by atoms with Gasteiger partial charge < -0.3 is 21.1 Å². The van der Waals surface area contributed by atoms with E-state index in [0.717, 1.165) is 36.0 Å². The number of nitrogens with two attached hydrogens (primary N) is 1. The van der Waals surface area contributed by atoms with Gasteiger partial charge in [0.25, 0.3) is 0 Å². The predicted molar refractivity (Wildman–Crippen MR) is 98.0 cm³/mol. The van der Waals surface area contributed by atoms with Crippen molar-refractivity contribution in [2.45, 2.75) is 45.2 Å². The summed E-state index contributed by atoms with van der Waals surface area (Å²) in [5, 5.41) is 17.5. The number of fused-ring (bicyclic) bond motifs is 1. The number of amides is 1. The van der Waals surface area contributed by atoms with Crippen LogP contribution in [0.4, 0.5) is 16.2 Å². The third-order valence-corrected chi connectivity index (χ3v) is 5.55. The highest BCUT2D eigenvalue weighted by Crippen LogP contribution is 2.54. The number of aromatic nitrogens is 2. The number of carbonyl (C=O) groups is 1. The summed E-state index contributed by atoms with van der Waals surface area (Å²) in [5.41, 5.74) is 9.02. The van der Waals surface area contributed by atoms with Crippen molar-refractivity contribution in [3.8, 4) is 0 Å². The van der Waals surface area contributed by atoms with Gasteiger partial charge in [-0.05, 0) is 45.7 Å². The minimum absolute atomic E-state index is 0.0442. The van der Waals surface area contributed by atoms with Crippen LogP contribution >= 0.6 is 0 Å². The van der Waals surface area contributed by atoms with Gasteiger partial charge in [-0.1, -0.05) is 0 Å². The number of rotatable bonds is 2. The zero-order valence-corrected chi connectivity index (χ0v) is 14.9. The molecular formula is C18H25N5O2. The fourth-order valence-electron chi connectivity index (χ4n) is 4.15. The summed E-state index contributed by atoms with van der Waals surface area (Å²) in [7, 11) is 0. The highest BCUT2D eigenvalue weighted by atomic mass is 16.4. The molecule has 134 valence electrons. The zero-order valence-electron chi connectivity index (χ0n) is 14.9. The average molecular weight is 343 g/mol. The molecule has 2 aliphatic rings. The summed E-state index contributed by atoms with van der Waals surface area (Å²) in [4.78, 5) is 13.4. The molecule has 1 spiro atoms. The lowest BCUT2D eigenvalue weighted by molar-refractivity contribution is 0.186. The molecule has 1 amide bonds. The fraction of sp³-hybridized carbons (Fsp3) is 0.556. The van der Waals surface area contributed by atoms with Gasteiger partial charge in [-0.2, -0.15) is 5.10 Å². The van der Waals surface area contributed by atoms with E-state index in [1.165, 1.54) is 0 Å². The molecule has 0 bridgehead atoms. The largest absolute Gasteiger partial charge is 0.465 e. The topological polar surface area (TPSA) is 96.4 Å². The highest BCUT2D eigenvalue weighted by molar-refractivity contribution is 5.98. The molecule has 2 heterocycles. The van der Waals surface area contributed by atoms with E-state index in [2.05, 4.69) is 36.1 Å². The number of benzene rings is 1. The van der Waals surface area contributed by atoms with Crippen molar-refractivity contribution in [3.05, 3.63) is 18.3 Å². The normalized spacial score (nSPS) is 21.9. The minimum Gasteiger partial charge on any atom is -0.465 e. The average Bonchev–Trinajstić information content (AvgIpc) is 2.99. The Kier molecular flexibility index (Phi) is 3.23. The first-order valence-electron chi connectivity index (χ1n) is 8.72. The molecule has 0 unspecified atom stereocenters. The minimum atomic E-state index is -0.954. The van der Waals surface area contributed by atoms with E-state index in [0.29, 0.717) is 12.2 Å². The molecule has 1 atom stereocenters. The van der Waals surface area contributed by atoms with Crippen LogP contribution in [-0.4, -0.2) is 40.1 Å². The van der Waals surface area contributed by atoms with Crippen molar-refractivity contribution >= 4 is 28.4 Å². The van der Waals surface area contributed by atoms with Crippen LogP contribution in [0.15, 0.2) is 18.3 Å². The van der Waals surface area contributed by atoms with Crippen molar-refractivity contribution in [3.63, 3.8) is 0 Å². The lowest BCUT2D eigenvalue weighted by Gasteiger charge is -2.23. The van der Waals surface area contributed by atoms with Gasteiger partial charge in [0, 0.05) is 23.9 Å². The predicted octanol–water partition coefficient (Wildman–Crippen LogP) is 2.61. The van der Waals surface area contributed by atoms with Crippen LogP contribution in [0, 0.1) is 5.41 Å². The molecule has 7 heteroatoms. The number of nitrogens with one attached hydrogen (secondary N) is 1. The Labute approximate surface area is 146 Å². The summed E-state index contributed by atoms with van der Waals surface area (Å²) < 4.78 is 2.02. The second kappa shape index (κ2) is 5.03. The van der Waals surface area contributed by atoms with Crippen molar-refractivity contribution in [1.82, 2.24) is 15.1 Å². The van der Waals surface area contributed by atoms with E-state index in [4.69, 9.17) is 10.8 Å². The van der Waals surface area contributed by atoms with Crippen molar-refractivity contribution < 1.29 is 9.90 Å². The summed E-state index contributed by atoms with van der Waals surface area (Å²) in [6.45, 7) is 7.85. The first kappa shape index (κ1) is 16.1. The fourth-order valence-corrected chi connectivity index (χ4v) is 4.15. The van der Waals surface area contributed by atoms with E-state index < -0.39 is 6.09 Å². The van der Waals surface area contributed by atoms with E-state index in [1.54, 1.807) is 0 Å². The molecule has 1 aromatic heterocycles. The van der Waals surface area contributed by atoms with Crippen molar-refractivity contribution in [1.29, 1.82) is 0 Å². The Bertz CT molecular complexity index is 847. The maximum absolute atomic E-state index is 11.1. The van der Waals surface area contributed by atoms with Crippen molar-refractivity contribution in [2.75, 3.05) is 23.7 Å². The van der Waals surface area contributed by atoms with Gasteiger partial charge in [0.2, 0.25) is 0 Å². The van der Waals surface area contributed by atoms with Gasteiger partial charge in [0.1, 0.15) is 0 Å². The number of anilines is 2. The second-order valence-electron chi connectivity index (χ2n) is 8.41. The molecule has 1 aromatic carbocycles. The quantitative estimate of drug-likeness (QED) is 0.728. The van der Waals surface area contributed by atoms with Crippen LogP contribution in [0.1, 0.15) is 33.6 Å². The van der Waals surface area contributed by atoms with Crippen LogP contribution in [0.2, 0.25) is 0 Å². The molecule has 25 heavy (non-hydrogen) atoms. The standard InChI is InChI=1S/C18H25N5O2/c1-17(2,3)23-13-5-4-12(19)15(11(13)8-20-23)22-9-14(21-16(24)25)18(10-22)6-7-18/h4-5,8,14,21H,6-7,9-10,19H2,1-3H3,(H,24,25)/t14-/m0/s1.